The summed E-state index contributed by atoms with van der Waals surface area (Å²) >= 11 is 0. The Hall–Kier alpha value is -1.82. The van der Waals surface area contributed by atoms with Gasteiger partial charge in [-0.3, -0.25) is 9.35 Å². The smallest absolute Gasteiger partial charge is 0.352 e. The predicted octanol–water partition coefficient (Wildman–Crippen LogP) is 3.04. The highest BCUT2D eigenvalue weighted by atomic mass is 32.2. The zero-order valence-electron chi connectivity index (χ0n) is 12.2. The van der Waals surface area contributed by atoms with Crippen LogP contribution in [0.1, 0.15) is 29.7 Å². The van der Waals surface area contributed by atoms with Gasteiger partial charge in [-0.25, -0.2) is 0 Å². The number of halogens is 6. The van der Waals surface area contributed by atoms with Crippen LogP contribution in [0.3, 0.4) is 0 Å². The standard InChI is InChI=1S/C11H9F6NO.CH4O3S/c1-6(18-5-19)7-2-8(10(12,13)14)4-9(3-7)11(15,16)17;1-5(2,3)4/h2-6H,1H3,(H,18,19);1H3,(H,2,3,4). The molecule has 1 aromatic carbocycles. The summed E-state index contributed by atoms with van der Waals surface area (Å²) in [6, 6.07) is 0.241. The molecular weight excluding hydrogens is 368 g/mol. The van der Waals surface area contributed by atoms with E-state index >= 15 is 0 Å². The minimum Gasteiger partial charge on any atom is -0.352 e. The van der Waals surface area contributed by atoms with Gasteiger partial charge >= 0.3 is 12.4 Å². The van der Waals surface area contributed by atoms with E-state index in [4.69, 9.17) is 4.55 Å². The first kappa shape index (κ1) is 22.2. The minimum atomic E-state index is -4.89. The topological polar surface area (TPSA) is 83.5 Å². The van der Waals surface area contributed by atoms with Gasteiger partial charge in [0, 0.05) is 0 Å². The van der Waals surface area contributed by atoms with E-state index in [2.05, 4.69) is 5.32 Å². The van der Waals surface area contributed by atoms with Crippen LogP contribution in [0.4, 0.5) is 26.3 Å². The van der Waals surface area contributed by atoms with Crippen molar-refractivity contribution in [2.24, 2.45) is 0 Å². The van der Waals surface area contributed by atoms with Gasteiger partial charge in [-0.2, -0.15) is 34.8 Å². The molecule has 0 heterocycles. The fourth-order valence-electron chi connectivity index (χ4n) is 1.43. The van der Waals surface area contributed by atoms with Crippen molar-refractivity contribution >= 4 is 16.5 Å². The highest BCUT2D eigenvalue weighted by Gasteiger charge is 2.37. The van der Waals surface area contributed by atoms with E-state index in [0.717, 1.165) is 0 Å². The SMILES string of the molecule is CC(NC=O)c1cc(C(F)(F)F)cc(C(F)(F)F)c1.CS(=O)(=O)O. The predicted molar refractivity (Wildman–Crippen MR) is 71.5 cm³/mol. The lowest BCUT2D eigenvalue weighted by Crippen LogP contribution is -2.19. The summed E-state index contributed by atoms with van der Waals surface area (Å²) in [5.41, 5.74) is -3.08. The molecule has 0 spiro atoms. The molecule has 24 heavy (non-hydrogen) atoms. The van der Waals surface area contributed by atoms with E-state index in [1.807, 2.05) is 0 Å². The second-order valence-electron chi connectivity index (χ2n) is 4.58. The Morgan fingerprint density at radius 3 is 1.62 bits per heavy atom. The van der Waals surface area contributed by atoms with Crippen molar-refractivity contribution in [2.75, 3.05) is 6.26 Å². The Bertz CT molecular complexity index is 629. The molecule has 0 saturated carbocycles. The van der Waals surface area contributed by atoms with E-state index in [-0.39, 0.29) is 18.0 Å². The molecule has 0 aliphatic rings. The van der Waals surface area contributed by atoms with Gasteiger partial charge < -0.3 is 5.32 Å². The van der Waals surface area contributed by atoms with Crippen LogP contribution in [0.2, 0.25) is 0 Å². The maximum absolute atomic E-state index is 12.5. The third-order valence-electron chi connectivity index (χ3n) is 2.43. The van der Waals surface area contributed by atoms with Crippen LogP contribution in [-0.2, 0) is 27.3 Å². The number of amides is 1. The normalized spacial score (nSPS) is 13.5. The molecule has 2 N–H and O–H groups in total. The summed E-state index contributed by atoms with van der Waals surface area (Å²) < 4.78 is 101. The highest BCUT2D eigenvalue weighted by Crippen LogP contribution is 2.37. The van der Waals surface area contributed by atoms with Gasteiger partial charge in [-0.05, 0) is 30.7 Å². The quantitative estimate of drug-likeness (QED) is 0.479. The summed E-state index contributed by atoms with van der Waals surface area (Å²) in [6.45, 7) is 1.28. The van der Waals surface area contributed by atoms with E-state index < -0.39 is 39.6 Å². The summed E-state index contributed by atoms with van der Waals surface area (Å²) in [4.78, 5) is 10.2. The summed E-state index contributed by atoms with van der Waals surface area (Å²) in [5, 5.41) is 2.10. The molecule has 0 aliphatic heterocycles. The van der Waals surface area contributed by atoms with Crippen LogP contribution >= 0.6 is 0 Å². The Balaban J connectivity index is 0.000000922. The number of carbonyl (C=O) groups excluding carboxylic acids is 1. The molecule has 1 atom stereocenters. The minimum absolute atomic E-state index is 0.0388. The molecule has 1 rings (SSSR count). The van der Waals surface area contributed by atoms with Gasteiger partial charge in [0.05, 0.1) is 23.4 Å². The van der Waals surface area contributed by atoms with Gasteiger partial charge in [0.15, 0.2) is 0 Å². The molecule has 5 nitrogen and oxygen atoms in total. The largest absolute Gasteiger partial charge is 0.416 e. The van der Waals surface area contributed by atoms with E-state index in [1.54, 1.807) is 0 Å². The number of alkyl halides is 6. The van der Waals surface area contributed by atoms with Crippen LogP contribution in [-0.4, -0.2) is 25.6 Å². The number of rotatable bonds is 3. The Labute approximate surface area is 133 Å². The van der Waals surface area contributed by atoms with E-state index in [9.17, 15) is 39.6 Å². The molecule has 1 unspecified atom stereocenters. The third kappa shape index (κ3) is 8.72. The van der Waals surface area contributed by atoms with Crippen molar-refractivity contribution in [1.29, 1.82) is 0 Å². The number of nitrogens with one attached hydrogen (secondary N) is 1. The first-order chi connectivity index (χ1) is 10.6. The Morgan fingerprint density at radius 2 is 1.38 bits per heavy atom. The number of benzene rings is 1. The number of carbonyl (C=O) groups is 1. The molecular formula is C12H13F6NO4S. The van der Waals surface area contributed by atoms with Crippen molar-refractivity contribution in [1.82, 2.24) is 5.32 Å². The first-order valence-corrected chi connectivity index (χ1v) is 7.82. The van der Waals surface area contributed by atoms with Crippen LogP contribution in [0.15, 0.2) is 18.2 Å². The molecule has 1 amide bonds. The van der Waals surface area contributed by atoms with Crippen LogP contribution in [0, 0.1) is 0 Å². The second kappa shape index (κ2) is 7.83. The lowest BCUT2D eigenvalue weighted by Gasteiger charge is -2.17. The fourth-order valence-corrected chi connectivity index (χ4v) is 1.43. The van der Waals surface area contributed by atoms with Gasteiger partial charge in [0.2, 0.25) is 6.41 Å². The summed E-state index contributed by atoms with van der Waals surface area (Å²) in [7, 11) is -3.67. The Morgan fingerprint density at radius 1 is 1.04 bits per heavy atom. The molecule has 0 radical (unpaired) electrons. The van der Waals surface area contributed by atoms with Gasteiger partial charge in [0.25, 0.3) is 10.1 Å². The second-order valence-corrected chi connectivity index (χ2v) is 6.04. The number of hydrogen-bond acceptors (Lipinski definition) is 3. The zero-order chi connectivity index (χ0) is 19.3. The van der Waals surface area contributed by atoms with Crippen molar-refractivity contribution in [3.8, 4) is 0 Å². The molecule has 1 aromatic rings. The molecule has 0 aromatic heterocycles. The lowest BCUT2D eigenvalue weighted by atomic mass is 10.0. The maximum atomic E-state index is 12.5. The zero-order valence-corrected chi connectivity index (χ0v) is 13.1. The molecule has 12 heteroatoms. The van der Waals surface area contributed by atoms with Gasteiger partial charge in [-0.15, -0.1) is 0 Å². The first-order valence-electron chi connectivity index (χ1n) is 5.97. The summed E-state index contributed by atoms with van der Waals surface area (Å²) in [5.74, 6) is 0. The summed E-state index contributed by atoms with van der Waals surface area (Å²) in [6.07, 6.45) is -8.86. The molecule has 138 valence electrons. The van der Waals surface area contributed by atoms with Crippen molar-refractivity contribution in [2.45, 2.75) is 25.3 Å². The number of hydrogen-bond donors (Lipinski definition) is 2. The lowest BCUT2D eigenvalue weighted by molar-refractivity contribution is -0.143. The van der Waals surface area contributed by atoms with Gasteiger partial charge in [0.1, 0.15) is 0 Å². The van der Waals surface area contributed by atoms with Crippen molar-refractivity contribution < 1.29 is 44.1 Å². The van der Waals surface area contributed by atoms with E-state index in [1.165, 1.54) is 6.92 Å². The van der Waals surface area contributed by atoms with Crippen molar-refractivity contribution in [3.63, 3.8) is 0 Å². The third-order valence-corrected chi connectivity index (χ3v) is 2.43. The highest BCUT2D eigenvalue weighted by molar-refractivity contribution is 7.85. The average Bonchev–Trinajstić information content (AvgIpc) is 2.34. The van der Waals surface area contributed by atoms with E-state index in [0.29, 0.717) is 18.4 Å². The molecule has 0 aliphatic carbocycles. The van der Waals surface area contributed by atoms with Gasteiger partial charge in [-0.1, -0.05) is 0 Å². The average molecular weight is 381 g/mol. The molecule has 0 bridgehead atoms. The fraction of sp³-hybridized carbons (Fsp3) is 0.417. The van der Waals surface area contributed by atoms with Crippen LogP contribution in [0.5, 0.6) is 0 Å². The molecule has 0 fully saturated rings. The van der Waals surface area contributed by atoms with Crippen molar-refractivity contribution in [3.05, 3.63) is 34.9 Å². The molecule has 0 saturated heterocycles. The van der Waals surface area contributed by atoms with Crippen LogP contribution < -0.4 is 5.32 Å². The Kier molecular flexibility index (Phi) is 7.24. The monoisotopic (exact) mass is 381 g/mol. The maximum Gasteiger partial charge on any atom is 0.416 e. The van der Waals surface area contributed by atoms with Crippen LogP contribution in [0.25, 0.3) is 0 Å².